The Hall–Kier alpha value is -1.66. The van der Waals surface area contributed by atoms with E-state index >= 15 is 0 Å². The van der Waals surface area contributed by atoms with Crippen LogP contribution in [0.3, 0.4) is 0 Å². The number of hydrazine groups is 1. The summed E-state index contributed by atoms with van der Waals surface area (Å²) in [5.74, 6) is 5.26. The minimum atomic E-state index is -0.422. The molecule has 0 aromatic heterocycles. The summed E-state index contributed by atoms with van der Waals surface area (Å²) >= 11 is 0. The molecule has 0 aliphatic heterocycles. The van der Waals surface area contributed by atoms with Crippen LogP contribution in [0.5, 0.6) is 0 Å². The highest BCUT2D eigenvalue weighted by molar-refractivity contribution is 5.61. The van der Waals surface area contributed by atoms with E-state index < -0.39 is 4.92 Å². The van der Waals surface area contributed by atoms with Gasteiger partial charge in [-0.05, 0) is 32.0 Å². The summed E-state index contributed by atoms with van der Waals surface area (Å²) in [5, 5.41) is 11.0. The van der Waals surface area contributed by atoms with Crippen molar-refractivity contribution >= 4 is 11.4 Å². The van der Waals surface area contributed by atoms with Gasteiger partial charge in [0.05, 0.1) is 4.92 Å². The van der Waals surface area contributed by atoms with E-state index in [0.29, 0.717) is 18.3 Å². The van der Waals surface area contributed by atoms with Crippen LogP contribution < -0.4 is 11.3 Å². The van der Waals surface area contributed by atoms with Crippen molar-refractivity contribution in [3.63, 3.8) is 0 Å². The van der Waals surface area contributed by atoms with Crippen molar-refractivity contribution in [3.8, 4) is 0 Å². The van der Waals surface area contributed by atoms with Gasteiger partial charge in [0.2, 0.25) is 0 Å². The Labute approximate surface area is 113 Å². The van der Waals surface area contributed by atoms with Crippen LogP contribution in [0.2, 0.25) is 0 Å². The van der Waals surface area contributed by atoms with E-state index in [2.05, 4.69) is 24.2 Å². The van der Waals surface area contributed by atoms with E-state index in [1.54, 1.807) is 12.1 Å². The molecule has 0 saturated carbocycles. The molecule has 0 fully saturated rings. The van der Waals surface area contributed by atoms with Gasteiger partial charge in [-0.2, -0.15) is 0 Å². The molecule has 1 atom stereocenters. The van der Waals surface area contributed by atoms with Crippen LogP contribution in [0.4, 0.5) is 11.4 Å². The first-order valence-corrected chi connectivity index (χ1v) is 6.43. The van der Waals surface area contributed by atoms with E-state index in [-0.39, 0.29) is 5.69 Å². The number of nitro benzene ring substituents is 1. The van der Waals surface area contributed by atoms with Gasteiger partial charge in [-0.3, -0.25) is 20.9 Å². The lowest BCUT2D eigenvalue weighted by Gasteiger charge is -2.24. The van der Waals surface area contributed by atoms with Crippen molar-refractivity contribution in [1.29, 1.82) is 0 Å². The third-order valence-corrected chi connectivity index (χ3v) is 3.31. The highest BCUT2D eigenvalue weighted by Crippen LogP contribution is 2.25. The smallest absolute Gasteiger partial charge is 0.293 e. The first-order valence-electron chi connectivity index (χ1n) is 6.43. The number of nitro groups is 1. The lowest BCUT2D eigenvalue weighted by atomic mass is 10.1. The number of hydrogen-bond donors (Lipinski definition) is 2. The fourth-order valence-corrected chi connectivity index (χ4v) is 2.03. The summed E-state index contributed by atoms with van der Waals surface area (Å²) in [6, 6.07) is 5.53. The predicted octanol–water partition coefficient (Wildman–Crippen LogP) is 2.50. The van der Waals surface area contributed by atoms with Crippen LogP contribution in [0.1, 0.15) is 32.3 Å². The van der Waals surface area contributed by atoms with Crippen molar-refractivity contribution in [2.45, 2.75) is 39.3 Å². The molecule has 6 heteroatoms. The van der Waals surface area contributed by atoms with Crippen molar-refractivity contribution in [1.82, 2.24) is 4.90 Å². The lowest BCUT2D eigenvalue weighted by Crippen LogP contribution is -2.28. The number of nitrogen functional groups attached to an aromatic ring is 1. The van der Waals surface area contributed by atoms with Gasteiger partial charge in [0.1, 0.15) is 5.69 Å². The zero-order valence-electron chi connectivity index (χ0n) is 11.7. The predicted molar refractivity (Wildman–Crippen MR) is 76.7 cm³/mol. The van der Waals surface area contributed by atoms with Gasteiger partial charge in [-0.1, -0.05) is 19.4 Å². The number of anilines is 1. The minimum absolute atomic E-state index is 0.0107. The molecule has 0 amide bonds. The highest BCUT2D eigenvalue weighted by Gasteiger charge is 2.15. The molecule has 0 aliphatic carbocycles. The summed E-state index contributed by atoms with van der Waals surface area (Å²) in [5.41, 5.74) is 3.60. The summed E-state index contributed by atoms with van der Waals surface area (Å²) < 4.78 is 0. The third kappa shape index (κ3) is 4.18. The number of benzene rings is 1. The second-order valence-corrected chi connectivity index (χ2v) is 4.81. The largest absolute Gasteiger partial charge is 0.318 e. The third-order valence-electron chi connectivity index (χ3n) is 3.31. The zero-order chi connectivity index (χ0) is 14.4. The Balaban J connectivity index is 2.85. The highest BCUT2D eigenvalue weighted by atomic mass is 16.6. The Morgan fingerprint density at radius 2 is 2.21 bits per heavy atom. The Kier molecular flexibility index (Phi) is 5.72. The molecule has 1 aromatic carbocycles. The molecule has 0 saturated heterocycles. The number of nitrogens with two attached hydrogens (primary N) is 1. The summed E-state index contributed by atoms with van der Waals surface area (Å²) in [6.07, 6.45) is 2.24. The summed E-state index contributed by atoms with van der Waals surface area (Å²) in [4.78, 5) is 12.7. The molecule has 0 heterocycles. The van der Waals surface area contributed by atoms with Crippen molar-refractivity contribution in [2.24, 2.45) is 5.84 Å². The average molecular weight is 266 g/mol. The molecule has 1 unspecified atom stereocenters. The monoisotopic (exact) mass is 266 g/mol. The molecule has 3 N–H and O–H groups in total. The van der Waals surface area contributed by atoms with Crippen LogP contribution in [0, 0.1) is 10.1 Å². The lowest BCUT2D eigenvalue weighted by molar-refractivity contribution is -0.384. The standard InChI is InChI=1S/C13H22N4O2/c1-4-5-10(2)16(3)9-11-6-7-12(15-14)13(8-11)17(18)19/h6-8,10,15H,4-5,9,14H2,1-3H3. The van der Waals surface area contributed by atoms with Crippen LogP contribution in [-0.4, -0.2) is 22.9 Å². The molecule has 1 aromatic rings. The molecule has 1 rings (SSSR count). The minimum Gasteiger partial charge on any atom is -0.318 e. The topological polar surface area (TPSA) is 84.4 Å². The van der Waals surface area contributed by atoms with Gasteiger partial charge in [0, 0.05) is 18.7 Å². The molecular weight excluding hydrogens is 244 g/mol. The van der Waals surface area contributed by atoms with Gasteiger partial charge >= 0.3 is 0 Å². The second-order valence-electron chi connectivity index (χ2n) is 4.81. The van der Waals surface area contributed by atoms with Crippen molar-refractivity contribution in [3.05, 3.63) is 33.9 Å². The Morgan fingerprint density at radius 1 is 1.53 bits per heavy atom. The molecule has 19 heavy (non-hydrogen) atoms. The van der Waals surface area contributed by atoms with E-state index in [1.165, 1.54) is 0 Å². The van der Waals surface area contributed by atoms with Crippen molar-refractivity contribution in [2.75, 3.05) is 12.5 Å². The Bertz CT molecular complexity index is 437. The first kappa shape index (κ1) is 15.4. The molecule has 6 nitrogen and oxygen atoms in total. The maximum Gasteiger partial charge on any atom is 0.293 e. The normalized spacial score (nSPS) is 12.5. The zero-order valence-corrected chi connectivity index (χ0v) is 11.7. The molecular formula is C13H22N4O2. The van der Waals surface area contributed by atoms with Gasteiger partial charge in [-0.25, -0.2) is 0 Å². The molecule has 106 valence electrons. The number of nitrogens with zero attached hydrogens (tertiary/aromatic N) is 2. The fraction of sp³-hybridized carbons (Fsp3) is 0.538. The van der Waals surface area contributed by atoms with Crippen LogP contribution in [0.25, 0.3) is 0 Å². The number of rotatable bonds is 7. The van der Waals surface area contributed by atoms with Crippen LogP contribution in [-0.2, 0) is 6.54 Å². The maximum atomic E-state index is 11.0. The molecule has 0 bridgehead atoms. The Morgan fingerprint density at radius 3 is 2.74 bits per heavy atom. The molecule has 0 radical (unpaired) electrons. The van der Waals surface area contributed by atoms with E-state index in [9.17, 15) is 10.1 Å². The average Bonchev–Trinajstić information content (AvgIpc) is 2.38. The number of nitrogens with one attached hydrogen (secondary N) is 1. The van der Waals surface area contributed by atoms with E-state index in [4.69, 9.17) is 5.84 Å². The van der Waals surface area contributed by atoms with Gasteiger partial charge in [0.15, 0.2) is 0 Å². The summed E-state index contributed by atoms with van der Waals surface area (Å²) in [7, 11) is 2.03. The van der Waals surface area contributed by atoms with Gasteiger partial charge < -0.3 is 5.43 Å². The fourth-order valence-electron chi connectivity index (χ4n) is 2.03. The molecule has 0 spiro atoms. The van der Waals surface area contributed by atoms with Crippen molar-refractivity contribution < 1.29 is 4.92 Å². The van der Waals surface area contributed by atoms with Gasteiger partial charge in [0.25, 0.3) is 5.69 Å². The van der Waals surface area contributed by atoms with Gasteiger partial charge in [-0.15, -0.1) is 0 Å². The SMILES string of the molecule is CCCC(C)N(C)Cc1ccc(NN)c([N+](=O)[O-])c1. The number of hydrogen-bond acceptors (Lipinski definition) is 5. The quantitative estimate of drug-likeness (QED) is 0.450. The van der Waals surface area contributed by atoms with E-state index in [1.807, 2.05) is 13.1 Å². The molecule has 0 aliphatic rings. The first-order chi connectivity index (χ1) is 8.99. The maximum absolute atomic E-state index is 11.0. The summed E-state index contributed by atoms with van der Waals surface area (Å²) in [6.45, 7) is 5.00. The van der Waals surface area contributed by atoms with E-state index in [0.717, 1.165) is 18.4 Å². The van der Waals surface area contributed by atoms with Crippen LogP contribution in [0.15, 0.2) is 18.2 Å². The van der Waals surface area contributed by atoms with Crippen LogP contribution >= 0.6 is 0 Å². The second kappa shape index (κ2) is 7.06.